The molecule has 140 valence electrons. The standard InChI is InChI=1S/C17H18F2N2O4S/c1-11(17(22)20-16-14(18)5-4-6-15(16)19)25-13-9-7-12(8-10-13)21(2)26(3,23)24/h4-11H,1-3H3,(H,20,22). The van der Waals surface area contributed by atoms with Gasteiger partial charge in [-0.1, -0.05) is 6.07 Å². The number of nitrogens with one attached hydrogen (secondary N) is 1. The summed E-state index contributed by atoms with van der Waals surface area (Å²) in [6, 6.07) is 9.25. The number of para-hydroxylation sites is 1. The van der Waals surface area contributed by atoms with Crippen LogP contribution in [0.4, 0.5) is 20.2 Å². The van der Waals surface area contributed by atoms with Gasteiger partial charge in [-0.05, 0) is 43.3 Å². The lowest BCUT2D eigenvalue weighted by Gasteiger charge is -2.18. The molecular formula is C17H18F2N2O4S. The summed E-state index contributed by atoms with van der Waals surface area (Å²) in [5, 5.41) is 2.15. The zero-order valence-corrected chi connectivity index (χ0v) is 15.2. The average molecular weight is 384 g/mol. The molecule has 0 spiro atoms. The fraction of sp³-hybridized carbons (Fsp3) is 0.235. The molecule has 0 saturated carbocycles. The third kappa shape index (κ3) is 4.69. The van der Waals surface area contributed by atoms with Crippen molar-refractivity contribution in [2.24, 2.45) is 0 Å². The first-order chi connectivity index (χ1) is 12.1. The van der Waals surface area contributed by atoms with Crippen LogP contribution in [-0.2, 0) is 14.8 Å². The largest absolute Gasteiger partial charge is 0.481 e. The Morgan fingerprint density at radius 2 is 1.65 bits per heavy atom. The van der Waals surface area contributed by atoms with Crippen molar-refractivity contribution in [2.45, 2.75) is 13.0 Å². The molecule has 2 aromatic carbocycles. The van der Waals surface area contributed by atoms with Gasteiger partial charge in [0.05, 0.1) is 11.9 Å². The lowest BCUT2D eigenvalue weighted by atomic mass is 10.2. The van der Waals surface area contributed by atoms with Crippen molar-refractivity contribution >= 4 is 27.3 Å². The highest BCUT2D eigenvalue weighted by Crippen LogP contribution is 2.22. The van der Waals surface area contributed by atoms with Gasteiger partial charge in [0.15, 0.2) is 6.10 Å². The van der Waals surface area contributed by atoms with Crippen molar-refractivity contribution in [1.29, 1.82) is 0 Å². The van der Waals surface area contributed by atoms with Gasteiger partial charge in [0.2, 0.25) is 10.0 Å². The van der Waals surface area contributed by atoms with E-state index in [4.69, 9.17) is 4.74 Å². The van der Waals surface area contributed by atoms with E-state index in [0.29, 0.717) is 11.4 Å². The maximum Gasteiger partial charge on any atom is 0.265 e. The van der Waals surface area contributed by atoms with Gasteiger partial charge in [0, 0.05) is 7.05 Å². The Kier molecular flexibility index (Phi) is 5.81. The normalized spacial score (nSPS) is 12.3. The molecule has 0 bridgehead atoms. The summed E-state index contributed by atoms with van der Waals surface area (Å²) in [7, 11) is -1.98. The Morgan fingerprint density at radius 1 is 1.12 bits per heavy atom. The number of benzene rings is 2. The molecule has 0 saturated heterocycles. The number of amides is 1. The van der Waals surface area contributed by atoms with Crippen LogP contribution >= 0.6 is 0 Å². The number of carbonyl (C=O) groups excluding carboxylic acids is 1. The number of hydrogen-bond acceptors (Lipinski definition) is 4. The quantitative estimate of drug-likeness (QED) is 0.831. The van der Waals surface area contributed by atoms with Crippen LogP contribution in [0.15, 0.2) is 42.5 Å². The van der Waals surface area contributed by atoms with Gasteiger partial charge in [-0.3, -0.25) is 9.10 Å². The van der Waals surface area contributed by atoms with E-state index in [1.807, 2.05) is 0 Å². The van der Waals surface area contributed by atoms with Crippen molar-refractivity contribution in [3.63, 3.8) is 0 Å². The highest BCUT2D eigenvalue weighted by atomic mass is 32.2. The first-order valence-electron chi connectivity index (χ1n) is 7.55. The molecule has 6 nitrogen and oxygen atoms in total. The SMILES string of the molecule is CC(Oc1ccc(N(C)S(C)(=O)=O)cc1)C(=O)Nc1c(F)cccc1F. The molecule has 26 heavy (non-hydrogen) atoms. The minimum atomic E-state index is -3.39. The van der Waals surface area contributed by atoms with Gasteiger partial charge in [-0.25, -0.2) is 17.2 Å². The van der Waals surface area contributed by atoms with Crippen LogP contribution in [0.25, 0.3) is 0 Å². The first-order valence-corrected chi connectivity index (χ1v) is 9.40. The van der Waals surface area contributed by atoms with Crippen LogP contribution in [-0.4, -0.2) is 33.7 Å². The predicted octanol–water partition coefficient (Wildman–Crippen LogP) is 2.77. The van der Waals surface area contributed by atoms with E-state index in [1.54, 1.807) is 0 Å². The van der Waals surface area contributed by atoms with E-state index in [9.17, 15) is 22.0 Å². The molecule has 0 aromatic heterocycles. The first kappa shape index (κ1) is 19.6. The second-order valence-corrected chi connectivity index (χ2v) is 7.58. The Hall–Kier alpha value is -2.68. The Balaban J connectivity index is 2.05. The Labute approximate surface area is 150 Å². The number of nitrogens with zero attached hydrogens (tertiary/aromatic N) is 1. The van der Waals surface area contributed by atoms with E-state index in [2.05, 4.69) is 5.32 Å². The summed E-state index contributed by atoms with van der Waals surface area (Å²) in [6.07, 6.45) is 0.0403. The number of halogens is 2. The number of anilines is 2. The second-order valence-electron chi connectivity index (χ2n) is 5.57. The number of carbonyl (C=O) groups is 1. The van der Waals surface area contributed by atoms with Crippen LogP contribution in [0.3, 0.4) is 0 Å². The maximum atomic E-state index is 13.6. The van der Waals surface area contributed by atoms with Crippen LogP contribution in [0, 0.1) is 11.6 Å². The minimum Gasteiger partial charge on any atom is -0.481 e. The lowest BCUT2D eigenvalue weighted by molar-refractivity contribution is -0.122. The lowest BCUT2D eigenvalue weighted by Crippen LogP contribution is -2.31. The molecule has 1 unspecified atom stereocenters. The van der Waals surface area contributed by atoms with Crippen molar-refractivity contribution < 1.29 is 26.7 Å². The Morgan fingerprint density at radius 3 is 2.15 bits per heavy atom. The monoisotopic (exact) mass is 384 g/mol. The van der Waals surface area contributed by atoms with E-state index < -0.39 is 39.4 Å². The van der Waals surface area contributed by atoms with Crippen molar-refractivity contribution in [3.05, 3.63) is 54.1 Å². The molecule has 2 rings (SSSR count). The minimum absolute atomic E-state index is 0.298. The summed E-state index contributed by atoms with van der Waals surface area (Å²) < 4.78 is 56.6. The predicted molar refractivity (Wildman–Crippen MR) is 94.8 cm³/mol. The number of ether oxygens (including phenoxy) is 1. The van der Waals surface area contributed by atoms with Crippen LogP contribution in [0.2, 0.25) is 0 Å². The van der Waals surface area contributed by atoms with Gasteiger partial charge in [-0.2, -0.15) is 0 Å². The van der Waals surface area contributed by atoms with Gasteiger partial charge in [-0.15, -0.1) is 0 Å². The molecule has 1 atom stereocenters. The summed E-state index contributed by atoms with van der Waals surface area (Å²) in [6.45, 7) is 1.42. The summed E-state index contributed by atoms with van der Waals surface area (Å²) >= 11 is 0. The summed E-state index contributed by atoms with van der Waals surface area (Å²) in [5.74, 6) is -2.21. The second kappa shape index (κ2) is 7.69. The van der Waals surface area contributed by atoms with Gasteiger partial charge in [0.25, 0.3) is 5.91 Å². The molecular weight excluding hydrogens is 366 g/mol. The topological polar surface area (TPSA) is 75.7 Å². The van der Waals surface area contributed by atoms with Gasteiger partial charge in [0.1, 0.15) is 23.1 Å². The molecule has 0 aliphatic carbocycles. The van der Waals surface area contributed by atoms with Crippen molar-refractivity contribution in [1.82, 2.24) is 0 Å². The van der Waals surface area contributed by atoms with Gasteiger partial charge >= 0.3 is 0 Å². The maximum absolute atomic E-state index is 13.6. The molecule has 0 aliphatic rings. The fourth-order valence-electron chi connectivity index (χ4n) is 2.03. The molecule has 0 radical (unpaired) electrons. The molecule has 9 heteroatoms. The number of hydrogen-bond donors (Lipinski definition) is 1. The fourth-order valence-corrected chi connectivity index (χ4v) is 2.53. The molecule has 1 amide bonds. The summed E-state index contributed by atoms with van der Waals surface area (Å²) in [5.41, 5.74) is -0.122. The molecule has 0 aliphatic heterocycles. The third-order valence-corrected chi connectivity index (χ3v) is 4.80. The van der Waals surface area contributed by atoms with Gasteiger partial charge < -0.3 is 10.1 Å². The smallest absolute Gasteiger partial charge is 0.265 e. The van der Waals surface area contributed by atoms with E-state index in [1.165, 1.54) is 44.3 Å². The average Bonchev–Trinajstić information content (AvgIpc) is 2.57. The van der Waals surface area contributed by atoms with E-state index >= 15 is 0 Å². The van der Waals surface area contributed by atoms with Crippen LogP contribution in [0.1, 0.15) is 6.92 Å². The highest BCUT2D eigenvalue weighted by molar-refractivity contribution is 7.92. The number of sulfonamides is 1. The summed E-state index contributed by atoms with van der Waals surface area (Å²) in [4.78, 5) is 12.1. The number of rotatable bonds is 6. The molecule has 0 fully saturated rings. The zero-order chi connectivity index (χ0) is 19.5. The van der Waals surface area contributed by atoms with Crippen molar-refractivity contribution in [2.75, 3.05) is 22.9 Å². The zero-order valence-electron chi connectivity index (χ0n) is 14.4. The molecule has 2 aromatic rings. The third-order valence-electron chi connectivity index (χ3n) is 3.59. The van der Waals surface area contributed by atoms with Crippen LogP contribution in [0.5, 0.6) is 5.75 Å². The molecule has 1 N–H and O–H groups in total. The highest BCUT2D eigenvalue weighted by Gasteiger charge is 2.19. The Bertz CT molecular complexity index is 881. The van der Waals surface area contributed by atoms with Crippen molar-refractivity contribution in [3.8, 4) is 5.75 Å². The molecule has 0 heterocycles. The van der Waals surface area contributed by atoms with E-state index in [-0.39, 0.29) is 0 Å². The van der Waals surface area contributed by atoms with Crippen LogP contribution < -0.4 is 14.4 Å². The van der Waals surface area contributed by atoms with E-state index in [0.717, 1.165) is 22.7 Å².